The molecule has 27 heavy (non-hydrogen) atoms. The average molecular weight is 382 g/mol. The molecule has 0 atom stereocenters. The number of methoxy groups -OCH3 is 1. The molecule has 0 aliphatic heterocycles. The number of aromatic nitrogens is 2. The van der Waals surface area contributed by atoms with E-state index in [9.17, 15) is 4.79 Å². The zero-order valence-corrected chi connectivity index (χ0v) is 16.8. The molecule has 0 radical (unpaired) electrons. The maximum atomic E-state index is 12.3. The molecule has 0 saturated heterocycles. The highest BCUT2D eigenvalue weighted by molar-refractivity contribution is 7.99. The number of hydrogen-bond donors (Lipinski definition) is 1. The molecule has 3 rings (SSSR count). The molecule has 0 fully saturated rings. The predicted octanol–water partition coefficient (Wildman–Crippen LogP) is 4.44. The first-order valence-corrected chi connectivity index (χ1v) is 9.62. The quantitative estimate of drug-likeness (QED) is 0.641. The summed E-state index contributed by atoms with van der Waals surface area (Å²) in [4.78, 5) is 16.8. The smallest absolute Gasteiger partial charge is 0.234 e. The number of thioether (sulfide) groups is 1. The first kappa shape index (κ1) is 19.0. The maximum absolute atomic E-state index is 12.3. The van der Waals surface area contributed by atoms with Gasteiger partial charge in [0.1, 0.15) is 5.75 Å². The van der Waals surface area contributed by atoms with E-state index in [2.05, 4.69) is 16.4 Å². The Bertz CT molecular complexity index is 949. The fraction of sp³-hybridized carbons (Fsp3) is 0.238. The van der Waals surface area contributed by atoms with E-state index in [1.54, 1.807) is 7.11 Å². The van der Waals surface area contributed by atoms with E-state index in [1.807, 2.05) is 68.1 Å². The van der Waals surface area contributed by atoms with E-state index in [-0.39, 0.29) is 5.91 Å². The van der Waals surface area contributed by atoms with Gasteiger partial charge in [-0.15, -0.1) is 0 Å². The van der Waals surface area contributed by atoms with E-state index >= 15 is 0 Å². The van der Waals surface area contributed by atoms with Gasteiger partial charge in [-0.25, -0.2) is 4.98 Å². The number of carbonyl (C=O) groups is 1. The number of ether oxygens (including phenoxy) is 1. The van der Waals surface area contributed by atoms with Crippen molar-refractivity contribution in [1.29, 1.82) is 0 Å². The van der Waals surface area contributed by atoms with Crippen molar-refractivity contribution in [2.24, 2.45) is 7.05 Å². The third-order valence-electron chi connectivity index (χ3n) is 4.32. The fourth-order valence-corrected chi connectivity index (χ4v) is 3.58. The van der Waals surface area contributed by atoms with E-state index in [1.165, 1.54) is 17.3 Å². The molecule has 1 heterocycles. The molecule has 6 heteroatoms. The molecule has 0 aliphatic rings. The lowest BCUT2D eigenvalue weighted by Gasteiger charge is -2.09. The van der Waals surface area contributed by atoms with Gasteiger partial charge in [0.15, 0.2) is 5.16 Å². The molecule has 0 aliphatic carbocycles. The third kappa shape index (κ3) is 4.52. The molecular formula is C21H23N3O2S. The molecule has 1 aromatic heterocycles. The van der Waals surface area contributed by atoms with Crippen LogP contribution in [0.25, 0.3) is 11.3 Å². The van der Waals surface area contributed by atoms with Crippen LogP contribution in [0.3, 0.4) is 0 Å². The minimum atomic E-state index is -0.0408. The minimum absolute atomic E-state index is 0.0408. The number of carbonyl (C=O) groups excluding carboxylic acids is 1. The lowest BCUT2D eigenvalue weighted by Crippen LogP contribution is -2.15. The summed E-state index contributed by atoms with van der Waals surface area (Å²) in [5, 5.41) is 3.77. The number of nitrogens with one attached hydrogen (secondary N) is 1. The zero-order chi connectivity index (χ0) is 19.4. The Balaban J connectivity index is 1.64. The van der Waals surface area contributed by atoms with Crippen LogP contribution in [0.4, 0.5) is 5.69 Å². The van der Waals surface area contributed by atoms with Crippen LogP contribution < -0.4 is 10.1 Å². The molecule has 5 nitrogen and oxygen atoms in total. The highest BCUT2D eigenvalue weighted by Crippen LogP contribution is 2.26. The second kappa shape index (κ2) is 8.31. The monoisotopic (exact) mass is 381 g/mol. The van der Waals surface area contributed by atoms with Crippen LogP contribution in [-0.4, -0.2) is 28.3 Å². The Kier molecular flexibility index (Phi) is 5.86. The van der Waals surface area contributed by atoms with Crippen LogP contribution in [0.15, 0.2) is 53.8 Å². The second-order valence-electron chi connectivity index (χ2n) is 6.37. The van der Waals surface area contributed by atoms with E-state index in [0.29, 0.717) is 5.75 Å². The van der Waals surface area contributed by atoms with Crippen molar-refractivity contribution in [1.82, 2.24) is 9.55 Å². The Hall–Kier alpha value is -2.73. The van der Waals surface area contributed by atoms with Gasteiger partial charge in [-0.2, -0.15) is 0 Å². The molecule has 3 aromatic rings. The van der Waals surface area contributed by atoms with E-state index in [4.69, 9.17) is 4.74 Å². The third-order valence-corrected chi connectivity index (χ3v) is 5.36. The van der Waals surface area contributed by atoms with Crippen LogP contribution in [0, 0.1) is 13.8 Å². The standard InChI is InChI=1S/C21H23N3O2S/c1-14-5-10-18(15(2)11-14)23-20(25)13-27-21-22-12-19(24(21)3)16-6-8-17(26-4)9-7-16/h5-12H,13H2,1-4H3,(H,23,25). The van der Waals surface area contributed by atoms with Gasteiger partial charge >= 0.3 is 0 Å². The summed E-state index contributed by atoms with van der Waals surface area (Å²) in [6.45, 7) is 4.03. The predicted molar refractivity (Wildman–Crippen MR) is 110 cm³/mol. The molecule has 0 saturated carbocycles. The van der Waals surface area contributed by atoms with Gasteiger partial charge < -0.3 is 14.6 Å². The van der Waals surface area contributed by atoms with Crippen molar-refractivity contribution in [3.8, 4) is 17.0 Å². The van der Waals surface area contributed by atoms with Crippen LogP contribution in [-0.2, 0) is 11.8 Å². The summed E-state index contributed by atoms with van der Waals surface area (Å²) in [6.07, 6.45) is 1.83. The Morgan fingerprint density at radius 3 is 2.59 bits per heavy atom. The molecule has 1 N–H and O–H groups in total. The molecule has 140 valence electrons. The first-order chi connectivity index (χ1) is 13.0. The van der Waals surface area contributed by atoms with E-state index in [0.717, 1.165) is 33.4 Å². The van der Waals surface area contributed by atoms with Crippen molar-refractivity contribution in [3.63, 3.8) is 0 Å². The molecule has 0 spiro atoms. The normalized spacial score (nSPS) is 10.7. The lowest BCUT2D eigenvalue weighted by atomic mass is 10.1. The highest BCUT2D eigenvalue weighted by atomic mass is 32.2. The van der Waals surface area contributed by atoms with Crippen molar-refractivity contribution < 1.29 is 9.53 Å². The van der Waals surface area contributed by atoms with Crippen LogP contribution in [0.1, 0.15) is 11.1 Å². The van der Waals surface area contributed by atoms with Crippen molar-refractivity contribution in [2.75, 3.05) is 18.2 Å². The highest BCUT2D eigenvalue weighted by Gasteiger charge is 2.12. The second-order valence-corrected chi connectivity index (χ2v) is 7.31. The minimum Gasteiger partial charge on any atom is -0.497 e. The Morgan fingerprint density at radius 1 is 1.19 bits per heavy atom. The van der Waals surface area contributed by atoms with Gasteiger partial charge in [-0.1, -0.05) is 29.5 Å². The van der Waals surface area contributed by atoms with Gasteiger partial charge in [0.05, 0.1) is 24.8 Å². The van der Waals surface area contributed by atoms with Crippen LogP contribution >= 0.6 is 11.8 Å². The van der Waals surface area contributed by atoms with Crippen molar-refractivity contribution in [2.45, 2.75) is 19.0 Å². The summed E-state index contributed by atoms with van der Waals surface area (Å²) in [5.41, 5.74) is 5.14. The number of amides is 1. The Labute approximate surface area is 163 Å². The number of anilines is 1. The number of nitrogens with zero attached hydrogens (tertiary/aromatic N) is 2. The van der Waals surface area contributed by atoms with Gasteiger partial charge in [0.2, 0.25) is 5.91 Å². The summed E-state index contributed by atoms with van der Waals surface area (Å²) in [6, 6.07) is 13.8. The molecule has 0 bridgehead atoms. The van der Waals surface area contributed by atoms with Gasteiger partial charge in [-0.3, -0.25) is 4.79 Å². The van der Waals surface area contributed by atoms with E-state index < -0.39 is 0 Å². The molecule has 1 amide bonds. The summed E-state index contributed by atoms with van der Waals surface area (Å²) >= 11 is 1.42. The lowest BCUT2D eigenvalue weighted by molar-refractivity contribution is -0.113. The average Bonchev–Trinajstić information content (AvgIpc) is 3.03. The van der Waals surface area contributed by atoms with Gasteiger partial charge in [0, 0.05) is 18.3 Å². The van der Waals surface area contributed by atoms with Crippen LogP contribution in [0.2, 0.25) is 0 Å². The number of rotatable bonds is 6. The van der Waals surface area contributed by atoms with Crippen LogP contribution in [0.5, 0.6) is 5.75 Å². The van der Waals surface area contributed by atoms with Crippen molar-refractivity contribution >= 4 is 23.4 Å². The largest absolute Gasteiger partial charge is 0.497 e. The summed E-state index contributed by atoms with van der Waals surface area (Å²) in [7, 11) is 3.61. The molecule has 2 aromatic carbocycles. The van der Waals surface area contributed by atoms with Gasteiger partial charge in [-0.05, 0) is 49.7 Å². The Morgan fingerprint density at radius 2 is 1.93 bits per heavy atom. The first-order valence-electron chi connectivity index (χ1n) is 8.64. The number of hydrogen-bond acceptors (Lipinski definition) is 4. The number of benzene rings is 2. The maximum Gasteiger partial charge on any atom is 0.234 e. The SMILES string of the molecule is COc1ccc(-c2cnc(SCC(=O)Nc3ccc(C)cc3C)n2C)cc1. The number of aryl methyl sites for hydroxylation is 2. The zero-order valence-electron chi connectivity index (χ0n) is 15.9. The fourth-order valence-electron chi connectivity index (χ4n) is 2.83. The molecular weight excluding hydrogens is 358 g/mol. The summed E-state index contributed by atoms with van der Waals surface area (Å²) in [5.74, 6) is 1.08. The van der Waals surface area contributed by atoms with Gasteiger partial charge in [0.25, 0.3) is 0 Å². The van der Waals surface area contributed by atoms with Crippen molar-refractivity contribution in [3.05, 3.63) is 59.8 Å². The summed E-state index contributed by atoms with van der Waals surface area (Å²) < 4.78 is 7.20. The topological polar surface area (TPSA) is 56.1 Å². The number of imidazole rings is 1. The molecule has 0 unspecified atom stereocenters.